The smallest absolute Gasteiger partial charge is 0.264 e. The third-order valence-corrected chi connectivity index (χ3v) is 35.1. The molecule has 10 heteroatoms. The predicted octanol–water partition coefficient (Wildman–Crippen LogP) is 32.5. The Kier molecular flexibility index (Phi) is 19.7. The number of anilines is 15. The Morgan fingerprint density at radius 1 is 0.292 bits per heavy atom. The topological polar surface area (TPSA) is 25.4 Å². The molecular weight excluding hydrogens is 1700 g/mol. The van der Waals surface area contributed by atoms with Gasteiger partial charge < -0.3 is 29.2 Å². The molecule has 678 valence electrons. The molecule has 24 rings (SSSR count). The van der Waals surface area contributed by atoms with Crippen molar-refractivity contribution in [2.24, 2.45) is 0 Å². The van der Waals surface area contributed by atoms with Crippen molar-refractivity contribution in [1.82, 2.24) is 0 Å². The number of rotatable bonds is 13. The summed E-state index contributed by atoms with van der Waals surface area (Å²) in [5, 5.41) is 2.58. The van der Waals surface area contributed by atoms with E-state index in [1.165, 1.54) is 192 Å². The second-order valence-corrected chi connectivity index (χ2v) is 48.6. The van der Waals surface area contributed by atoms with E-state index in [1.807, 2.05) is 22.7 Å². The van der Waals surface area contributed by atoms with E-state index in [1.54, 1.807) is 0 Å². The molecule has 2 aliphatic carbocycles. The van der Waals surface area contributed by atoms with Crippen LogP contribution < -0.4 is 60.6 Å². The summed E-state index contributed by atoms with van der Waals surface area (Å²) >= 11 is 4.00. The van der Waals surface area contributed by atoms with Crippen molar-refractivity contribution in [2.75, 3.05) is 24.5 Å². The van der Waals surface area contributed by atoms with E-state index in [9.17, 15) is 0 Å². The standard InChI is InChI=1S/C127H121B2N5OS2/c1-78-66-106-114-107(67-78)133(104-76-96-94(124(12,13)62-64-126(96,16)17)74-98(104)128(114)118-116(131(106)87-42-30-23-31-43-87)92-68-82(48-58-112(92)136-118)79-36-24-20-25-37-79)101-57-52-86(71-91(101)81-40-28-22-29-41-81)123(10,11)61-60-122(8,9)83-49-54-88(55-50-83)132-108-72-89(130-102-44-32-34-46-110(102)135-111-47-35-33-45-103(111)130)73-109-115(108)129(119-117(132)93-70-85(121(5,6)7)53-59-113(93)137-119)99-75-95-97(127(18,19)65-63-125(95,14)15)77-105(99)134(109)100-56-51-84(120(2,3)4)69-90(100)80-38-26-21-27-39-80/h20-59,66-77H,60-65H2,1-19H3. The Morgan fingerprint density at radius 3 is 1.15 bits per heavy atom. The molecule has 0 bridgehead atoms. The minimum atomic E-state index is -0.248. The molecular formula is C127H121B2N5OS2. The number of fused-ring (bicyclic) bond motifs is 16. The molecule has 0 radical (unpaired) electrons. The number of thiophene rings is 2. The average Bonchev–Trinajstić information content (AvgIpc) is 1.67. The van der Waals surface area contributed by atoms with E-state index in [0.29, 0.717) is 0 Å². The van der Waals surface area contributed by atoms with Gasteiger partial charge in [0.1, 0.15) is 0 Å². The molecule has 0 spiro atoms. The fourth-order valence-corrected chi connectivity index (χ4v) is 26.8. The average molecular weight is 1820 g/mol. The summed E-state index contributed by atoms with van der Waals surface area (Å²) in [5.74, 6) is 1.65. The van der Waals surface area contributed by atoms with E-state index >= 15 is 0 Å². The SMILES string of the molecule is Cc1cc2c3c(c1)N(c1ccccc1)c1c(sc4ccc(-c5ccccc5)cc14)B3c1cc3c(cc1N2c1ccc(C(C)(C)CCC(C)(C)c2ccc(N4c5cc(N6c7ccccc7Oc7ccccc76)cc6c5B(c5cc7c(cc5N6c5ccc(C(C)(C)C)cc5-c5ccccc5)C(C)(C)CCC7(C)C)c5sc6ccc(C(C)(C)C)cc6c54)cc2)cc1-c1ccccc1)C(C)(C)CCC3(C)C. The normalized spacial score (nSPS) is 16.1. The number of benzene rings is 15. The Labute approximate surface area is 819 Å². The van der Waals surface area contributed by atoms with Gasteiger partial charge in [0, 0.05) is 86.4 Å². The lowest BCUT2D eigenvalue weighted by Crippen LogP contribution is -2.61. The first-order valence-electron chi connectivity index (χ1n) is 49.9. The molecule has 6 nitrogen and oxygen atoms in total. The van der Waals surface area contributed by atoms with Crippen molar-refractivity contribution in [3.63, 3.8) is 0 Å². The number of ether oxygens (including phenoxy) is 1. The minimum absolute atomic E-state index is 0.0244. The zero-order valence-corrected chi connectivity index (χ0v) is 84.5. The molecule has 7 heterocycles. The summed E-state index contributed by atoms with van der Waals surface area (Å²) < 4.78 is 12.3. The number of aryl methyl sites for hydroxylation is 1. The number of nitrogens with zero attached hydrogens (tertiary/aromatic N) is 5. The zero-order chi connectivity index (χ0) is 94.4. The summed E-state index contributed by atoms with van der Waals surface area (Å²) in [6.45, 7) is 46.4. The van der Waals surface area contributed by atoms with Crippen molar-refractivity contribution in [3.05, 3.63) is 366 Å². The van der Waals surface area contributed by atoms with E-state index in [0.717, 1.165) is 78.5 Å². The molecule has 0 N–H and O–H groups in total. The van der Waals surface area contributed by atoms with Crippen molar-refractivity contribution < 1.29 is 4.74 Å². The van der Waals surface area contributed by atoms with Crippen LogP contribution in [0.2, 0.25) is 0 Å². The molecule has 0 amide bonds. The lowest BCUT2D eigenvalue weighted by atomic mass is 9.35. The van der Waals surface area contributed by atoms with Gasteiger partial charge in [-0.1, -0.05) is 307 Å². The van der Waals surface area contributed by atoms with Gasteiger partial charge in [0.05, 0.1) is 39.8 Å². The van der Waals surface area contributed by atoms with Gasteiger partial charge in [0.15, 0.2) is 11.5 Å². The third kappa shape index (κ3) is 13.9. The highest BCUT2D eigenvalue weighted by molar-refractivity contribution is 7.34. The fourth-order valence-electron chi connectivity index (χ4n) is 24.2. The van der Waals surface area contributed by atoms with Gasteiger partial charge in [-0.2, -0.15) is 0 Å². The molecule has 2 aromatic heterocycles. The Balaban J connectivity index is 0.656. The van der Waals surface area contributed by atoms with Crippen molar-refractivity contribution >= 4 is 173 Å². The predicted molar refractivity (Wildman–Crippen MR) is 591 cm³/mol. The van der Waals surface area contributed by atoms with Gasteiger partial charge in [-0.3, -0.25) is 0 Å². The van der Waals surface area contributed by atoms with Crippen LogP contribution >= 0.6 is 22.7 Å². The van der Waals surface area contributed by atoms with Crippen molar-refractivity contribution in [3.8, 4) is 44.9 Å². The van der Waals surface area contributed by atoms with Crippen LogP contribution in [0.4, 0.5) is 85.3 Å². The highest BCUT2D eigenvalue weighted by atomic mass is 32.1. The Bertz CT molecular complexity index is 7770. The molecule has 15 aromatic carbocycles. The monoisotopic (exact) mass is 1820 g/mol. The van der Waals surface area contributed by atoms with Crippen molar-refractivity contribution in [1.29, 1.82) is 0 Å². The van der Waals surface area contributed by atoms with Gasteiger partial charge in [0.25, 0.3) is 13.4 Å². The van der Waals surface area contributed by atoms with E-state index in [-0.39, 0.29) is 56.7 Å². The van der Waals surface area contributed by atoms with Crippen LogP contribution in [0.1, 0.15) is 213 Å². The first-order chi connectivity index (χ1) is 65.6. The van der Waals surface area contributed by atoms with Gasteiger partial charge in [-0.15, -0.1) is 22.7 Å². The number of hydrogen-bond donors (Lipinski definition) is 0. The molecule has 0 atom stereocenters. The van der Waals surface area contributed by atoms with Crippen LogP contribution in [0.5, 0.6) is 11.5 Å². The Morgan fingerprint density at radius 2 is 0.664 bits per heavy atom. The van der Waals surface area contributed by atoms with Crippen LogP contribution in [0.25, 0.3) is 53.6 Å². The highest BCUT2D eigenvalue weighted by Crippen LogP contribution is 2.61. The molecule has 0 saturated carbocycles. The summed E-state index contributed by atoms with van der Waals surface area (Å²) in [4.78, 5) is 13.3. The van der Waals surface area contributed by atoms with E-state index in [2.05, 4.69) is 472 Å². The van der Waals surface area contributed by atoms with Gasteiger partial charge >= 0.3 is 0 Å². The molecule has 17 aromatic rings. The van der Waals surface area contributed by atoms with Crippen LogP contribution in [-0.4, -0.2) is 13.4 Å². The molecule has 137 heavy (non-hydrogen) atoms. The van der Waals surface area contributed by atoms with Crippen molar-refractivity contribution in [2.45, 2.75) is 213 Å². The largest absolute Gasteiger partial charge is 0.453 e. The number of hydrogen-bond acceptors (Lipinski definition) is 8. The fraction of sp³-hybridized carbons (Fsp3) is 0.260. The molecule has 0 unspecified atom stereocenters. The summed E-state index contributed by atoms with van der Waals surface area (Å²) in [6, 6.07) is 122. The second kappa shape index (κ2) is 31.1. The summed E-state index contributed by atoms with van der Waals surface area (Å²) in [6.07, 6.45) is 6.37. The van der Waals surface area contributed by atoms with E-state index in [4.69, 9.17) is 4.74 Å². The summed E-state index contributed by atoms with van der Waals surface area (Å²) in [7, 11) is 0. The van der Waals surface area contributed by atoms with Gasteiger partial charge in [-0.25, -0.2) is 0 Å². The first-order valence-corrected chi connectivity index (χ1v) is 51.5. The van der Waals surface area contributed by atoms with E-state index < -0.39 is 0 Å². The molecule has 7 aliphatic rings. The molecule has 0 saturated heterocycles. The Hall–Kier alpha value is -12.9. The third-order valence-electron chi connectivity index (χ3n) is 32.6. The highest BCUT2D eigenvalue weighted by Gasteiger charge is 2.52. The molecule has 0 fully saturated rings. The van der Waals surface area contributed by atoms with Crippen LogP contribution in [0.15, 0.2) is 315 Å². The molecule has 5 aliphatic heterocycles. The lowest BCUT2D eigenvalue weighted by Gasteiger charge is -2.47. The van der Waals surface area contributed by atoms with Gasteiger partial charge in [-0.05, 0) is 316 Å². The first kappa shape index (κ1) is 87.0. The number of para-hydroxylation sites is 5. The van der Waals surface area contributed by atoms with Gasteiger partial charge in [0.2, 0.25) is 0 Å². The summed E-state index contributed by atoms with van der Waals surface area (Å²) in [5.41, 5.74) is 41.8. The van der Waals surface area contributed by atoms with Crippen LogP contribution in [0, 0.1) is 6.92 Å². The lowest BCUT2D eigenvalue weighted by molar-refractivity contribution is 0.332. The van der Waals surface area contributed by atoms with Crippen LogP contribution in [-0.2, 0) is 43.3 Å². The minimum Gasteiger partial charge on any atom is -0.453 e. The maximum absolute atomic E-state index is 6.94. The van der Waals surface area contributed by atoms with Crippen LogP contribution in [0.3, 0.4) is 0 Å². The maximum Gasteiger partial charge on any atom is 0.264 e. The zero-order valence-electron chi connectivity index (χ0n) is 82.9. The maximum atomic E-state index is 6.94. The quantitative estimate of drug-likeness (QED) is 0.107. The second-order valence-electron chi connectivity index (χ2n) is 46.4.